The summed E-state index contributed by atoms with van der Waals surface area (Å²) in [4.78, 5) is 17.9. The van der Waals surface area contributed by atoms with E-state index in [0.29, 0.717) is 25.3 Å². The SMILES string of the molecule is Cc1ccccc1CN1C[C@@H](O)[C@](O)(CNC(=O)c2cscn2)C1. The van der Waals surface area contributed by atoms with Gasteiger partial charge in [-0.1, -0.05) is 24.3 Å². The summed E-state index contributed by atoms with van der Waals surface area (Å²) >= 11 is 1.34. The molecule has 1 saturated heterocycles. The van der Waals surface area contributed by atoms with Crippen molar-refractivity contribution in [2.24, 2.45) is 0 Å². The van der Waals surface area contributed by atoms with Crippen LogP contribution < -0.4 is 5.32 Å². The molecule has 2 heterocycles. The number of nitrogens with one attached hydrogen (secondary N) is 1. The number of aromatic nitrogens is 1. The van der Waals surface area contributed by atoms with Gasteiger partial charge in [0, 0.05) is 25.0 Å². The van der Waals surface area contributed by atoms with Gasteiger partial charge >= 0.3 is 0 Å². The molecule has 128 valence electrons. The van der Waals surface area contributed by atoms with Gasteiger partial charge in [-0.15, -0.1) is 11.3 Å². The summed E-state index contributed by atoms with van der Waals surface area (Å²) in [5.74, 6) is -0.339. The van der Waals surface area contributed by atoms with Crippen molar-refractivity contribution < 1.29 is 15.0 Å². The minimum Gasteiger partial charge on any atom is -0.389 e. The van der Waals surface area contributed by atoms with Crippen molar-refractivity contribution in [3.63, 3.8) is 0 Å². The number of aryl methyl sites for hydroxylation is 1. The molecule has 0 radical (unpaired) electrons. The van der Waals surface area contributed by atoms with Crippen molar-refractivity contribution in [1.29, 1.82) is 0 Å². The number of benzene rings is 1. The van der Waals surface area contributed by atoms with Crippen LogP contribution in [-0.2, 0) is 6.54 Å². The van der Waals surface area contributed by atoms with Gasteiger partial charge in [0.05, 0.1) is 18.2 Å². The highest BCUT2D eigenvalue weighted by atomic mass is 32.1. The lowest BCUT2D eigenvalue weighted by Gasteiger charge is -2.26. The maximum Gasteiger partial charge on any atom is 0.270 e. The Morgan fingerprint density at radius 1 is 1.50 bits per heavy atom. The maximum atomic E-state index is 12.0. The molecular formula is C17H21N3O3S. The number of rotatable bonds is 5. The van der Waals surface area contributed by atoms with Crippen molar-refractivity contribution >= 4 is 17.2 Å². The molecule has 1 aliphatic heterocycles. The third kappa shape index (κ3) is 3.64. The average Bonchev–Trinajstić information content (AvgIpc) is 3.17. The Labute approximate surface area is 144 Å². The van der Waals surface area contributed by atoms with Gasteiger partial charge in [-0.2, -0.15) is 0 Å². The second-order valence-electron chi connectivity index (χ2n) is 6.27. The lowest BCUT2D eigenvalue weighted by Crippen LogP contribution is -2.51. The van der Waals surface area contributed by atoms with Crippen LogP contribution in [-0.4, -0.2) is 57.3 Å². The van der Waals surface area contributed by atoms with Crippen LogP contribution in [0.25, 0.3) is 0 Å². The minimum atomic E-state index is -1.35. The number of aliphatic hydroxyl groups excluding tert-OH is 1. The topological polar surface area (TPSA) is 85.7 Å². The molecule has 24 heavy (non-hydrogen) atoms. The zero-order valence-electron chi connectivity index (χ0n) is 13.5. The van der Waals surface area contributed by atoms with Crippen LogP contribution in [0.1, 0.15) is 21.6 Å². The summed E-state index contributed by atoms with van der Waals surface area (Å²) < 4.78 is 0. The largest absolute Gasteiger partial charge is 0.389 e. The van der Waals surface area contributed by atoms with E-state index in [4.69, 9.17) is 0 Å². The highest BCUT2D eigenvalue weighted by Crippen LogP contribution is 2.24. The summed E-state index contributed by atoms with van der Waals surface area (Å²) in [6, 6.07) is 8.06. The van der Waals surface area contributed by atoms with Gasteiger partial charge in [0.25, 0.3) is 5.91 Å². The summed E-state index contributed by atoms with van der Waals surface area (Å²) in [6.45, 7) is 3.38. The normalized spacial score (nSPS) is 24.2. The molecule has 0 aliphatic carbocycles. The molecule has 3 N–H and O–H groups in total. The first-order chi connectivity index (χ1) is 11.5. The Morgan fingerprint density at radius 3 is 3.00 bits per heavy atom. The van der Waals surface area contributed by atoms with Crippen molar-refractivity contribution in [3.05, 3.63) is 52.0 Å². The van der Waals surface area contributed by atoms with E-state index >= 15 is 0 Å². The molecule has 1 aromatic carbocycles. The molecule has 1 amide bonds. The highest BCUT2D eigenvalue weighted by Gasteiger charge is 2.44. The van der Waals surface area contributed by atoms with Gasteiger partial charge in [0.15, 0.2) is 0 Å². The number of hydrogen-bond donors (Lipinski definition) is 3. The van der Waals surface area contributed by atoms with E-state index in [1.807, 2.05) is 36.1 Å². The van der Waals surface area contributed by atoms with Crippen molar-refractivity contribution in [2.75, 3.05) is 19.6 Å². The van der Waals surface area contributed by atoms with Gasteiger partial charge in [0.1, 0.15) is 11.3 Å². The van der Waals surface area contributed by atoms with Crippen LogP contribution in [0.2, 0.25) is 0 Å². The summed E-state index contributed by atoms with van der Waals surface area (Å²) in [5.41, 5.74) is 2.90. The molecule has 2 atom stereocenters. The van der Waals surface area contributed by atoms with Gasteiger partial charge in [-0.25, -0.2) is 4.98 Å². The minimum absolute atomic E-state index is 0.00516. The lowest BCUT2D eigenvalue weighted by molar-refractivity contribution is -0.0377. The van der Waals surface area contributed by atoms with Crippen molar-refractivity contribution in [1.82, 2.24) is 15.2 Å². The third-order valence-corrected chi connectivity index (χ3v) is 5.01. The highest BCUT2D eigenvalue weighted by molar-refractivity contribution is 7.07. The number of carbonyl (C=O) groups excluding carboxylic acids is 1. The van der Waals surface area contributed by atoms with Crippen LogP contribution in [0.4, 0.5) is 0 Å². The zero-order valence-corrected chi connectivity index (χ0v) is 14.3. The fourth-order valence-electron chi connectivity index (χ4n) is 2.94. The fraction of sp³-hybridized carbons (Fsp3) is 0.412. The predicted octanol–water partition coefficient (Wildman–Crippen LogP) is 0.789. The molecule has 3 rings (SSSR count). The standard InChI is InChI=1S/C17H21N3O3S/c1-12-4-2-3-5-13(12)6-20-7-15(21)17(23,10-20)9-18-16(22)14-8-24-11-19-14/h2-5,8,11,15,21,23H,6-7,9-10H2,1H3,(H,18,22)/t15-,17+/m1/s1. The summed E-state index contributed by atoms with van der Waals surface area (Å²) in [5, 5.41) is 25.3. The number of thiazole rings is 1. The Morgan fingerprint density at radius 2 is 2.29 bits per heavy atom. The van der Waals surface area contributed by atoms with E-state index in [1.165, 1.54) is 22.5 Å². The number of nitrogens with zero attached hydrogens (tertiary/aromatic N) is 2. The average molecular weight is 347 g/mol. The molecule has 7 heteroatoms. The number of hydrogen-bond acceptors (Lipinski definition) is 6. The van der Waals surface area contributed by atoms with Gasteiger partial charge < -0.3 is 15.5 Å². The molecule has 1 fully saturated rings. The molecule has 2 aromatic rings. The number of aliphatic hydroxyl groups is 2. The van der Waals surface area contributed by atoms with Crippen LogP contribution in [0, 0.1) is 6.92 Å². The van der Waals surface area contributed by atoms with E-state index in [-0.39, 0.29) is 12.5 Å². The van der Waals surface area contributed by atoms with Gasteiger partial charge in [-0.3, -0.25) is 9.69 Å². The van der Waals surface area contributed by atoms with E-state index in [9.17, 15) is 15.0 Å². The second-order valence-corrected chi connectivity index (χ2v) is 6.99. The zero-order chi connectivity index (χ0) is 17.2. The number of β-amino-alcohol motifs (C(OH)–C–C–N with tert-alkyl or cyclic N) is 2. The molecule has 1 aromatic heterocycles. The third-order valence-electron chi connectivity index (χ3n) is 4.42. The molecule has 1 aliphatic rings. The van der Waals surface area contributed by atoms with Gasteiger partial charge in [-0.05, 0) is 18.1 Å². The quantitative estimate of drug-likeness (QED) is 0.745. The van der Waals surface area contributed by atoms with Crippen LogP contribution in [0.15, 0.2) is 35.2 Å². The maximum absolute atomic E-state index is 12.0. The number of carbonyl (C=O) groups is 1. The van der Waals surface area contributed by atoms with Crippen LogP contribution >= 0.6 is 11.3 Å². The van der Waals surface area contributed by atoms with Crippen molar-refractivity contribution in [2.45, 2.75) is 25.2 Å². The Bertz CT molecular complexity index is 707. The number of likely N-dealkylation sites (tertiary alicyclic amines) is 1. The predicted molar refractivity (Wildman–Crippen MR) is 91.9 cm³/mol. The van der Waals surface area contributed by atoms with Crippen LogP contribution in [0.3, 0.4) is 0 Å². The first-order valence-electron chi connectivity index (χ1n) is 7.81. The molecule has 0 saturated carbocycles. The Balaban J connectivity index is 1.60. The molecule has 0 bridgehead atoms. The second kappa shape index (κ2) is 6.98. The molecular weight excluding hydrogens is 326 g/mol. The number of amides is 1. The summed E-state index contributed by atoms with van der Waals surface area (Å²) in [7, 11) is 0. The van der Waals surface area contributed by atoms with E-state index < -0.39 is 11.7 Å². The van der Waals surface area contributed by atoms with Gasteiger partial charge in [0.2, 0.25) is 0 Å². The smallest absolute Gasteiger partial charge is 0.270 e. The fourth-order valence-corrected chi connectivity index (χ4v) is 3.47. The molecule has 6 nitrogen and oxygen atoms in total. The summed E-state index contributed by atoms with van der Waals surface area (Å²) in [6.07, 6.45) is -0.905. The molecule has 0 unspecified atom stereocenters. The first kappa shape index (κ1) is 17.0. The lowest BCUT2D eigenvalue weighted by atomic mass is 10.0. The Hall–Kier alpha value is -1.80. The first-order valence-corrected chi connectivity index (χ1v) is 8.76. The van der Waals surface area contributed by atoms with E-state index in [1.54, 1.807) is 10.9 Å². The van der Waals surface area contributed by atoms with E-state index in [2.05, 4.69) is 10.3 Å². The van der Waals surface area contributed by atoms with Crippen LogP contribution in [0.5, 0.6) is 0 Å². The molecule has 0 spiro atoms. The Kier molecular flexibility index (Phi) is 4.96. The van der Waals surface area contributed by atoms with Crippen molar-refractivity contribution in [3.8, 4) is 0 Å². The monoisotopic (exact) mass is 347 g/mol. The van der Waals surface area contributed by atoms with E-state index in [0.717, 1.165) is 0 Å².